The van der Waals surface area contributed by atoms with Gasteiger partial charge in [-0.1, -0.05) is 32.0 Å². The molecule has 0 aliphatic carbocycles. The zero-order chi connectivity index (χ0) is 15.8. The summed E-state index contributed by atoms with van der Waals surface area (Å²) in [7, 11) is 0. The van der Waals surface area contributed by atoms with E-state index in [1.807, 2.05) is 23.1 Å². The third kappa shape index (κ3) is 4.47. The van der Waals surface area contributed by atoms with Gasteiger partial charge in [-0.15, -0.1) is 0 Å². The standard InChI is InChI=1S/C18H28N2O2/c1-3-13-20(16-9-11-19-12-10-16)18(21)14-22-17-8-6-5-7-15(17)4-2/h5-8,16,19H,3-4,9-14H2,1-2H3. The SMILES string of the molecule is CCCN(C(=O)COc1ccccc1CC)C1CCNCC1. The number of piperidine rings is 1. The first-order valence-corrected chi connectivity index (χ1v) is 8.47. The van der Waals surface area contributed by atoms with E-state index in [1.165, 1.54) is 0 Å². The van der Waals surface area contributed by atoms with Crippen LogP contribution in [0.4, 0.5) is 0 Å². The van der Waals surface area contributed by atoms with Gasteiger partial charge in [-0.3, -0.25) is 4.79 Å². The monoisotopic (exact) mass is 304 g/mol. The second-order valence-electron chi connectivity index (χ2n) is 5.82. The summed E-state index contributed by atoms with van der Waals surface area (Å²) in [5, 5.41) is 3.35. The fourth-order valence-electron chi connectivity index (χ4n) is 3.03. The van der Waals surface area contributed by atoms with Gasteiger partial charge < -0.3 is 15.0 Å². The molecule has 1 aromatic carbocycles. The maximum atomic E-state index is 12.6. The Bertz CT molecular complexity index is 470. The fraction of sp³-hybridized carbons (Fsp3) is 0.611. The maximum Gasteiger partial charge on any atom is 0.260 e. The normalized spacial score (nSPS) is 15.5. The number of carbonyl (C=O) groups is 1. The summed E-state index contributed by atoms with van der Waals surface area (Å²) in [6.45, 7) is 7.18. The molecule has 4 heteroatoms. The summed E-state index contributed by atoms with van der Waals surface area (Å²) in [4.78, 5) is 14.6. The largest absolute Gasteiger partial charge is 0.483 e. The van der Waals surface area contributed by atoms with Crippen LogP contribution in [0.1, 0.15) is 38.7 Å². The van der Waals surface area contributed by atoms with Gasteiger partial charge in [0.1, 0.15) is 5.75 Å². The molecule has 1 aliphatic rings. The van der Waals surface area contributed by atoms with Gasteiger partial charge in [0.15, 0.2) is 6.61 Å². The van der Waals surface area contributed by atoms with Gasteiger partial charge in [0, 0.05) is 12.6 Å². The first-order chi connectivity index (χ1) is 10.8. The van der Waals surface area contributed by atoms with Crippen LogP contribution in [0.15, 0.2) is 24.3 Å². The van der Waals surface area contributed by atoms with E-state index < -0.39 is 0 Å². The Labute approximate surface area is 133 Å². The van der Waals surface area contributed by atoms with Crippen LogP contribution in [0.3, 0.4) is 0 Å². The minimum atomic E-state index is 0.111. The third-order valence-corrected chi connectivity index (χ3v) is 4.24. The highest BCUT2D eigenvalue weighted by molar-refractivity contribution is 5.78. The van der Waals surface area contributed by atoms with Crippen LogP contribution in [0, 0.1) is 0 Å². The molecule has 0 spiro atoms. The lowest BCUT2D eigenvalue weighted by atomic mass is 10.0. The Morgan fingerprint density at radius 2 is 2.00 bits per heavy atom. The molecule has 0 radical (unpaired) electrons. The summed E-state index contributed by atoms with van der Waals surface area (Å²) in [5.74, 6) is 0.944. The van der Waals surface area contributed by atoms with E-state index >= 15 is 0 Å². The maximum absolute atomic E-state index is 12.6. The second-order valence-corrected chi connectivity index (χ2v) is 5.82. The third-order valence-electron chi connectivity index (χ3n) is 4.24. The molecule has 1 N–H and O–H groups in total. The van der Waals surface area contributed by atoms with Crippen molar-refractivity contribution in [2.45, 2.75) is 45.6 Å². The van der Waals surface area contributed by atoms with Crippen molar-refractivity contribution < 1.29 is 9.53 Å². The molecule has 1 heterocycles. The lowest BCUT2D eigenvalue weighted by molar-refractivity contribution is -0.136. The van der Waals surface area contributed by atoms with Crippen molar-refractivity contribution in [3.8, 4) is 5.75 Å². The van der Waals surface area contributed by atoms with Gasteiger partial charge in [0.2, 0.25) is 0 Å². The lowest BCUT2D eigenvalue weighted by Crippen LogP contribution is -2.48. The number of carbonyl (C=O) groups excluding carboxylic acids is 1. The molecule has 0 aromatic heterocycles. The highest BCUT2D eigenvalue weighted by atomic mass is 16.5. The van der Waals surface area contributed by atoms with E-state index in [-0.39, 0.29) is 12.5 Å². The number of para-hydroxylation sites is 1. The van der Waals surface area contributed by atoms with Crippen LogP contribution >= 0.6 is 0 Å². The zero-order valence-electron chi connectivity index (χ0n) is 13.8. The van der Waals surface area contributed by atoms with Crippen LogP contribution in [-0.2, 0) is 11.2 Å². The van der Waals surface area contributed by atoms with E-state index in [0.717, 1.165) is 56.6 Å². The molecule has 2 rings (SSSR count). The van der Waals surface area contributed by atoms with Crippen molar-refractivity contribution in [1.29, 1.82) is 0 Å². The number of hydrogen-bond acceptors (Lipinski definition) is 3. The van der Waals surface area contributed by atoms with Gasteiger partial charge in [0.25, 0.3) is 5.91 Å². The fourth-order valence-corrected chi connectivity index (χ4v) is 3.03. The van der Waals surface area contributed by atoms with E-state index in [1.54, 1.807) is 0 Å². The van der Waals surface area contributed by atoms with Crippen molar-refractivity contribution in [1.82, 2.24) is 10.2 Å². The number of nitrogens with zero attached hydrogens (tertiary/aromatic N) is 1. The number of aryl methyl sites for hydroxylation is 1. The molecule has 1 aliphatic heterocycles. The Morgan fingerprint density at radius 1 is 1.27 bits per heavy atom. The molecule has 1 amide bonds. The average molecular weight is 304 g/mol. The number of hydrogen-bond donors (Lipinski definition) is 1. The quantitative estimate of drug-likeness (QED) is 0.842. The highest BCUT2D eigenvalue weighted by Gasteiger charge is 2.24. The van der Waals surface area contributed by atoms with E-state index in [0.29, 0.717) is 6.04 Å². The van der Waals surface area contributed by atoms with Crippen molar-refractivity contribution in [3.63, 3.8) is 0 Å². The molecular formula is C18H28N2O2. The van der Waals surface area contributed by atoms with Gasteiger partial charge >= 0.3 is 0 Å². The summed E-state index contributed by atoms with van der Waals surface area (Å²) in [6, 6.07) is 8.32. The van der Waals surface area contributed by atoms with Gasteiger partial charge in [-0.2, -0.15) is 0 Å². The van der Waals surface area contributed by atoms with Crippen LogP contribution < -0.4 is 10.1 Å². The first kappa shape index (κ1) is 16.8. The first-order valence-electron chi connectivity index (χ1n) is 8.47. The molecule has 1 aromatic rings. The van der Waals surface area contributed by atoms with E-state index in [2.05, 4.69) is 25.2 Å². The van der Waals surface area contributed by atoms with Crippen LogP contribution in [0.2, 0.25) is 0 Å². The minimum absolute atomic E-state index is 0.111. The molecule has 22 heavy (non-hydrogen) atoms. The second kappa shape index (κ2) is 8.79. The zero-order valence-corrected chi connectivity index (χ0v) is 13.8. The van der Waals surface area contributed by atoms with Crippen LogP contribution in [-0.4, -0.2) is 43.1 Å². The summed E-state index contributed by atoms with van der Waals surface area (Å²) < 4.78 is 5.80. The summed E-state index contributed by atoms with van der Waals surface area (Å²) >= 11 is 0. The van der Waals surface area contributed by atoms with Gasteiger partial charge in [-0.05, 0) is 50.4 Å². The van der Waals surface area contributed by atoms with E-state index in [4.69, 9.17) is 4.74 Å². The van der Waals surface area contributed by atoms with Crippen LogP contribution in [0.25, 0.3) is 0 Å². The highest BCUT2D eigenvalue weighted by Crippen LogP contribution is 2.19. The van der Waals surface area contributed by atoms with Crippen molar-refractivity contribution in [3.05, 3.63) is 29.8 Å². The Kier molecular flexibility index (Phi) is 6.72. The van der Waals surface area contributed by atoms with Crippen molar-refractivity contribution in [2.24, 2.45) is 0 Å². The molecule has 0 unspecified atom stereocenters. The van der Waals surface area contributed by atoms with Crippen molar-refractivity contribution in [2.75, 3.05) is 26.2 Å². The van der Waals surface area contributed by atoms with E-state index in [9.17, 15) is 4.79 Å². The Hall–Kier alpha value is -1.55. The molecule has 0 atom stereocenters. The predicted octanol–water partition coefficient (Wildman–Crippen LogP) is 2.62. The molecule has 1 saturated heterocycles. The molecule has 4 nitrogen and oxygen atoms in total. The molecular weight excluding hydrogens is 276 g/mol. The minimum Gasteiger partial charge on any atom is -0.483 e. The number of rotatable bonds is 7. The number of amides is 1. The Balaban J connectivity index is 1.95. The number of nitrogens with one attached hydrogen (secondary N) is 1. The number of benzene rings is 1. The summed E-state index contributed by atoms with van der Waals surface area (Å²) in [6.07, 6.45) is 3.98. The van der Waals surface area contributed by atoms with Crippen molar-refractivity contribution >= 4 is 5.91 Å². The molecule has 122 valence electrons. The lowest BCUT2D eigenvalue weighted by Gasteiger charge is -2.34. The molecule has 0 bridgehead atoms. The smallest absolute Gasteiger partial charge is 0.260 e. The molecule has 1 fully saturated rings. The Morgan fingerprint density at radius 3 is 2.68 bits per heavy atom. The predicted molar refractivity (Wildman–Crippen MR) is 89.2 cm³/mol. The summed E-state index contributed by atoms with van der Waals surface area (Å²) in [5.41, 5.74) is 1.15. The molecule has 0 saturated carbocycles. The van der Waals surface area contributed by atoms with Gasteiger partial charge in [0.05, 0.1) is 0 Å². The van der Waals surface area contributed by atoms with Crippen LogP contribution in [0.5, 0.6) is 5.75 Å². The number of ether oxygens (including phenoxy) is 1. The van der Waals surface area contributed by atoms with Gasteiger partial charge in [-0.25, -0.2) is 0 Å². The average Bonchev–Trinajstić information content (AvgIpc) is 2.58. The topological polar surface area (TPSA) is 41.6 Å².